The Hall–Kier alpha value is -0.840. The minimum absolute atomic E-state index is 0.458. The molecule has 5 heteroatoms. The van der Waals surface area contributed by atoms with Crippen molar-refractivity contribution in [2.75, 3.05) is 0 Å². The third-order valence-electron chi connectivity index (χ3n) is 3.56. The fourth-order valence-electron chi connectivity index (χ4n) is 2.32. The van der Waals surface area contributed by atoms with Gasteiger partial charge >= 0.3 is 0 Å². The summed E-state index contributed by atoms with van der Waals surface area (Å²) in [5, 5.41) is 15.5. The van der Waals surface area contributed by atoms with Crippen molar-refractivity contribution in [1.82, 2.24) is 9.78 Å². The van der Waals surface area contributed by atoms with Crippen LogP contribution in [0.5, 0.6) is 0 Å². The molecule has 0 amide bonds. The Bertz CT molecular complexity index is 625. The molecule has 0 bridgehead atoms. The van der Waals surface area contributed by atoms with E-state index in [1.54, 1.807) is 4.68 Å². The highest BCUT2D eigenvalue weighted by molar-refractivity contribution is 9.10. The van der Waals surface area contributed by atoms with Crippen LogP contribution in [0.1, 0.15) is 35.5 Å². The van der Waals surface area contributed by atoms with Gasteiger partial charge in [-0.05, 0) is 30.5 Å². The summed E-state index contributed by atoms with van der Waals surface area (Å²) in [6.45, 7) is 4.01. The van der Waals surface area contributed by atoms with Gasteiger partial charge in [0, 0.05) is 17.9 Å². The van der Waals surface area contributed by atoms with Crippen LogP contribution in [-0.4, -0.2) is 14.9 Å². The predicted molar refractivity (Wildman–Crippen MR) is 85.1 cm³/mol. The summed E-state index contributed by atoms with van der Waals surface area (Å²) in [4.78, 5) is 0. The van der Waals surface area contributed by atoms with Gasteiger partial charge < -0.3 is 5.11 Å². The summed E-state index contributed by atoms with van der Waals surface area (Å²) in [5.41, 5.74) is 3.71. The minimum atomic E-state index is -0.592. The molecule has 0 saturated heterocycles. The zero-order valence-corrected chi connectivity index (χ0v) is 14.2. The number of aryl methyl sites for hydroxylation is 2. The van der Waals surface area contributed by atoms with Crippen molar-refractivity contribution < 1.29 is 5.11 Å². The van der Waals surface area contributed by atoms with Crippen LogP contribution in [0.4, 0.5) is 0 Å². The van der Waals surface area contributed by atoms with E-state index in [2.05, 4.69) is 21.0 Å². The van der Waals surface area contributed by atoms with Gasteiger partial charge in [0.25, 0.3) is 0 Å². The highest BCUT2D eigenvalue weighted by Crippen LogP contribution is 2.29. The monoisotopic (exact) mass is 356 g/mol. The summed E-state index contributed by atoms with van der Waals surface area (Å²) in [5.74, 6) is 0. The molecule has 0 spiro atoms. The van der Waals surface area contributed by atoms with Crippen molar-refractivity contribution in [3.63, 3.8) is 0 Å². The molecule has 0 aliphatic heterocycles. The first-order valence-electron chi connectivity index (χ1n) is 6.59. The van der Waals surface area contributed by atoms with E-state index < -0.39 is 6.10 Å². The lowest BCUT2D eigenvalue weighted by Crippen LogP contribution is -2.08. The molecule has 0 fully saturated rings. The lowest BCUT2D eigenvalue weighted by atomic mass is 10.00. The fourth-order valence-corrected chi connectivity index (χ4v) is 3.07. The molecule has 2 aromatic rings. The lowest BCUT2D eigenvalue weighted by Gasteiger charge is -2.15. The van der Waals surface area contributed by atoms with Crippen LogP contribution in [-0.2, 0) is 19.9 Å². The second kappa shape index (κ2) is 6.29. The number of aromatic nitrogens is 2. The van der Waals surface area contributed by atoms with Gasteiger partial charge in [-0.25, -0.2) is 0 Å². The van der Waals surface area contributed by atoms with Gasteiger partial charge in [-0.15, -0.1) is 0 Å². The Balaban J connectivity index is 2.30. The molecule has 2 rings (SSSR count). The van der Waals surface area contributed by atoms with Gasteiger partial charge in [-0.3, -0.25) is 4.68 Å². The highest BCUT2D eigenvalue weighted by atomic mass is 79.9. The van der Waals surface area contributed by atoms with Gasteiger partial charge in [-0.1, -0.05) is 46.6 Å². The molecule has 0 aliphatic carbocycles. The van der Waals surface area contributed by atoms with E-state index in [0.717, 1.165) is 33.4 Å². The number of aliphatic hydroxyl groups excluding tert-OH is 1. The van der Waals surface area contributed by atoms with E-state index in [0.29, 0.717) is 11.4 Å². The molecular formula is C15H18BrClN2O. The van der Waals surface area contributed by atoms with E-state index >= 15 is 0 Å². The summed E-state index contributed by atoms with van der Waals surface area (Å²) < 4.78 is 2.76. The van der Waals surface area contributed by atoms with Gasteiger partial charge in [0.1, 0.15) is 0 Å². The topological polar surface area (TPSA) is 38.0 Å². The molecule has 1 unspecified atom stereocenters. The fraction of sp³-hybridized carbons (Fsp3) is 0.400. The SMILES string of the molecule is CCc1nn(C)c(CC(O)c2cccc(Br)c2C)c1Cl. The molecule has 20 heavy (non-hydrogen) atoms. The van der Waals surface area contributed by atoms with E-state index in [9.17, 15) is 5.11 Å². The summed E-state index contributed by atoms with van der Waals surface area (Å²) in [6.07, 6.45) is 0.656. The van der Waals surface area contributed by atoms with Crippen LogP contribution in [0.25, 0.3) is 0 Å². The first kappa shape index (κ1) is 15.5. The molecule has 1 aromatic carbocycles. The average Bonchev–Trinajstić information content (AvgIpc) is 2.69. The molecule has 0 radical (unpaired) electrons. The van der Waals surface area contributed by atoms with Crippen molar-refractivity contribution in [1.29, 1.82) is 0 Å². The minimum Gasteiger partial charge on any atom is -0.388 e. The van der Waals surface area contributed by atoms with E-state index in [4.69, 9.17) is 11.6 Å². The van der Waals surface area contributed by atoms with Crippen LogP contribution in [0.15, 0.2) is 22.7 Å². The quantitative estimate of drug-likeness (QED) is 0.898. The Morgan fingerprint density at radius 3 is 2.75 bits per heavy atom. The van der Waals surface area contributed by atoms with Crippen LogP contribution >= 0.6 is 27.5 Å². The van der Waals surface area contributed by atoms with Crippen molar-refractivity contribution in [2.24, 2.45) is 7.05 Å². The zero-order valence-electron chi connectivity index (χ0n) is 11.8. The summed E-state index contributed by atoms with van der Waals surface area (Å²) in [6, 6.07) is 5.84. The Kier molecular flexibility index (Phi) is 4.89. The number of rotatable bonds is 4. The molecule has 1 atom stereocenters. The van der Waals surface area contributed by atoms with Crippen molar-refractivity contribution >= 4 is 27.5 Å². The Labute approximate surface area is 132 Å². The third-order valence-corrected chi connectivity index (χ3v) is 4.85. The normalized spacial score (nSPS) is 12.7. The van der Waals surface area contributed by atoms with Gasteiger partial charge in [0.05, 0.1) is 22.5 Å². The van der Waals surface area contributed by atoms with Crippen LogP contribution in [0.2, 0.25) is 5.02 Å². The molecule has 1 aromatic heterocycles. The summed E-state index contributed by atoms with van der Waals surface area (Å²) >= 11 is 9.82. The first-order chi connectivity index (χ1) is 9.45. The number of nitrogens with zero attached hydrogens (tertiary/aromatic N) is 2. The molecule has 1 N–H and O–H groups in total. The standard InChI is InChI=1S/C15H18BrClN2O/c1-4-12-15(17)13(19(3)18-12)8-14(20)10-6-5-7-11(16)9(10)2/h5-7,14,20H,4,8H2,1-3H3. The van der Waals surface area contributed by atoms with Gasteiger partial charge in [0.2, 0.25) is 0 Å². The average molecular weight is 358 g/mol. The first-order valence-corrected chi connectivity index (χ1v) is 7.76. The second-order valence-electron chi connectivity index (χ2n) is 4.86. The van der Waals surface area contributed by atoms with Crippen molar-refractivity contribution in [3.05, 3.63) is 50.2 Å². The number of hydrogen-bond donors (Lipinski definition) is 1. The van der Waals surface area contributed by atoms with Gasteiger partial charge in [-0.2, -0.15) is 5.10 Å². The smallest absolute Gasteiger partial charge is 0.0850 e. The van der Waals surface area contributed by atoms with Crippen LogP contribution < -0.4 is 0 Å². The number of benzene rings is 1. The number of hydrogen-bond acceptors (Lipinski definition) is 2. The predicted octanol–water partition coefficient (Wildman–Crippen LogP) is 3.98. The maximum Gasteiger partial charge on any atom is 0.0850 e. The largest absolute Gasteiger partial charge is 0.388 e. The van der Waals surface area contributed by atoms with Crippen LogP contribution in [0.3, 0.4) is 0 Å². The maximum absolute atomic E-state index is 10.5. The molecular weight excluding hydrogens is 340 g/mol. The number of halogens is 2. The highest BCUT2D eigenvalue weighted by Gasteiger charge is 2.19. The molecule has 0 saturated carbocycles. The lowest BCUT2D eigenvalue weighted by molar-refractivity contribution is 0.175. The van der Waals surface area contributed by atoms with Crippen molar-refractivity contribution in [2.45, 2.75) is 32.8 Å². The zero-order chi connectivity index (χ0) is 14.9. The van der Waals surface area contributed by atoms with E-state index in [1.807, 2.05) is 39.1 Å². The van der Waals surface area contributed by atoms with E-state index in [1.165, 1.54) is 0 Å². The molecule has 3 nitrogen and oxygen atoms in total. The molecule has 108 valence electrons. The van der Waals surface area contributed by atoms with E-state index in [-0.39, 0.29) is 0 Å². The van der Waals surface area contributed by atoms with Crippen molar-refractivity contribution in [3.8, 4) is 0 Å². The Morgan fingerprint density at radius 2 is 2.15 bits per heavy atom. The number of aliphatic hydroxyl groups is 1. The van der Waals surface area contributed by atoms with Crippen LogP contribution in [0, 0.1) is 6.92 Å². The Morgan fingerprint density at radius 1 is 1.45 bits per heavy atom. The molecule has 0 aliphatic rings. The maximum atomic E-state index is 10.5. The third kappa shape index (κ3) is 2.92. The second-order valence-corrected chi connectivity index (χ2v) is 6.09. The van der Waals surface area contributed by atoms with Gasteiger partial charge in [0.15, 0.2) is 0 Å². The molecule has 1 heterocycles. The summed E-state index contributed by atoms with van der Waals surface area (Å²) in [7, 11) is 1.86.